The van der Waals surface area contributed by atoms with Crippen LogP contribution in [0.25, 0.3) is 0 Å². The third-order valence-electron chi connectivity index (χ3n) is 15.4. The highest BCUT2D eigenvalue weighted by Crippen LogP contribution is 2.35. The molecule has 2 saturated heterocycles. The van der Waals surface area contributed by atoms with Crippen molar-refractivity contribution in [3.8, 4) is 0 Å². The molecule has 4 aliphatic rings. The number of nitrogens with one attached hydrogen (secondary N) is 2. The lowest BCUT2D eigenvalue weighted by atomic mass is 10.0. The molecule has 7 heterocycles. The number of carbonyl (C=O) groups is 4. The van der Waals surface area contributed by atoms with E-state index in [0.29, 0.717) is 40.0 Å². The molecule has 5 aromatic carbocycles. The zero-order chi connectivity index (χ0) is 59.4. The molecule has 2 unspecified atom stereocenters. The molecule has 0 aliphatic carbocycles. The Morgan fingerprint density at radius 1 is 0.476 bits per heavy atom. The Labute approximate surface area is 503 Å². The number of anilines is 4. The van der Waals surface area contributed by atoms with Crippen LogP contribution in [0.2, 0.25) is 0 Å². The molecule has 2 N–H and O–H groups in total. The minimum Gasteiger partial charge on any atom is -0.369 e. The Morgan fingerprint density at radius 2 is 0.881 bits per heavy atom. The molecule has 0 saturated carbocycles. The van der Waals surface area contributed by atoms with Crippen LogP contribution in [0.4, 0.5) is 21.8 Å². The normalized spacial score (nSPS) is 16.0. The quantitative estimate of drug-likeness (QED) is 0.135. The van der Waals surface area contributed by atoms with Crippen LogP contribution < -0.4 is 20.4 Å². The van der Waals surface area contributed by atoms with Crippen LogP contribution in [-0.2, 0) is 22.7 Å². The molecule has 0 radical (unpaired) electrons. The number of nitrogens with zero attached hydrogens (tertiary/aromatic N) is 9. The van der Waals surface area contributed by atoms with Gasteiger partial charge in [0.2, 0.25) is 0 Å². The van der Waals surface area contributed by atoms with Gasteiger partial charge in [0.15, 0.2) is 10.3 Å². The highest BCUT2D eigenvalue weighted by Gasteiger charge is 2.39. The van der Waals surface area contributed by atoms with Gasteiger partial charge in [0.05, 0.1) is 0 Å². The summed E-state index contributed by atoms with van der Waals surface area (Å²) >= 11 is 2.70. The fourth-order valence-corrected chi connectivity index (χ4v) is 11.8. The monoisotopic (exact) mass is 1160 g/mol. The van der Waals surface area contributed by atoms with Crippen molar-refractivity contribution < 1.29 is 19.2 Å². The molecule has 15 nitrogen and oxygen atoms in total. The minimum atomic E-state index is -0.704. The molecule has 0 bridgehead atoms. The number of hydrogen-bond donors (Lipinski definition) is 2. The maximum atomic E-state index is 13.0. The van der Waals surface area contributed by atoms with Gasteiger partial charge in [0.25, 0.3) is 23.6 Å². The fraction of sp³-hybridized carbons (Fsp3) is 0.328. The van der Waals surface area contributed by atoms with Gasteiger partial charge in [0.1, 0.15) is 17.9 Å². The van der Waals surface area contributed by atoms with Crippen molar-refractivity contribution in [2.75, 3.05) is 72.8 Å². The number of aromatic nitrogens is 3. The number of rotatable bonds is 10. The first-order chi connectivity index (χ1) is 40.4. The first-order valence-electron chi connectivity index (χ1n) is 28.7. The van der Waals surface area contributed by atoms with Crippen LogP contribution in [0.3, 0.4) is 0 Å². The van der Waals surface area contributed by atoms with E-state index < -0.39 is 12.1 Å². The summed E-state index contributed by atoms with van der Waals surface area (Å²) < 4.78 is 0. The molecule has 8 aromatic rings. The Hall–Kier alpha value is -8.09. The van der Waals surface area contributed by atoms with Crippen LogP contribution >= 0.6 is 22.7 Å². The summed E-state index contributed by atoms with van der Waals surface area (Å²) in [6, 6.07) is 45.4. The molecule has 4 amide bonds. The third-order valence-corrected chi connectivity index (χ3v) is 16.8. The second kappa shape index (κ2) is 27.5. The van der Waals surface area contributed by atoms with Crippen LogP contribution in [0.15, 0.2) is 175 Å². The lowest BCUT2D eigenvalue weighted by Gasteiger charge is -2.43. The summed E-state index contributed by atoms with van der Waals surface area (Å²) in [5, 5.41) is 10.3. The summed E-state index contributed by atoms with van der Waals surface area (Å²) in [5.41, 5.74) is 9.26. The molecule has 4 aliphatic heterocycles. The molecular formula is C67H77N11O4S2. The molecular weight excluding hydrogens is 1090 g/mol. The van der Waals surface area contributed by atoms with Crippen molar-refractivity contribution in [3.63, 3.8) is 0 Å². The maximum Gasteiger partial charge on any atom is 0.255 e. The van der Waals surface area contributed by atoms with Crippen LogP contribution in [0, 0.1) is 13.8 Å². The zero-order valence-corrected chi connectivity index (χ0v) is 51.1. The maximum absolute atomic E-state index is 13.0. The number of pyridine rings is 1. The zero-order valence-electron chi connectivity index (χ0n) is 49.4. The van der Waals surface area contributed by atoms with Gasteiger partial charge in [0, 0.05) is 123 Å². The largest absolute Gasteiger partial charge is 0.369 e. The lowest BCUT2D eigenvalue weighted by molar-refractivity contribution is -0.121. The molecule has 436 valence electrons. The van der Waals surface area contributed by atoms with Crippen molar-refractivity contribution in [2.45, 2.75) is 91.6 Å². The van der Waals surface area contributed by atoms with Crippen molar-refractivity contribution in [1.29, 1.82) is 0 Å². The second-order valence-corrected chi connectivity index (χ2v) is 25.1. The first-order valence-corrected chi connectivity index (χ1v) is 30.4. The van der Waals surface area contributed by atoms with Gasteiger partial charge in [-0.15, -0.1) is 22.7 Å². The van der Waals surface area contributed by atoms with E-state index in [4.69, 9.17) is 0 Å². The average molecular weight is 1160 g/mol. The fourth-order valence-electron chi connectivity index (χ4n) is 10.7. The van der Waals surface area contributed by atoms with Gasteiger partial charge in [-0.25, -0.2) is 15.0 Å². The van der Waals surface area contributed by atoms with E-state index in [1.54, 1.807) is 45.1 Å². The van der Waals surface area contributed by atoms with E-state index in [0.717, 1.165) is 80.4 Å². The summed E-state index contributed by atoms with van der Waals surface area (Å²) in [4.78, 5) is 77.5. The third kappa shape index (κ3) is 15.4. The number of hydrogen-bond acceptors (Lipinski definition) is 13. The molecule has 2 atom stereocenters. The van der Waals surface area contributed by atoms with Crippen LogP contribution in [0.1, 0.15) is 108 Å². The van der Waals surface area contributed by atoms with Gasteiger partial charge >= 0.3 is 0 Å². The number of aryl methyl sites for hydroxylation is 2. The molecule has 12 rings (SSSR count). The van der Waals surface area contributed by atoms with Gasteiger partial charge in [-0.1, -0.05) is 121 Å². The van der Waals surface area contributed by atoms with Crippen LogP contribution in [0.5, 0.6) is 0 Å². The Morgan fingerprint density at radius 3 is 1.26 bits per heavy atom. The summed E-state index contributed by atoms with van der Waals surface area (Å²) in [7, 11) is 0. The molecule has 3 aromatic heterocycles. The van der Waals surface area contributed by atoms with Crippen LogP contribution in [-0.4, -0.2) is 122 Å². The van der Waals surface area contributed by atoms with Crippen molar-refractivity contribution in [1.82, 2.24) is 34.6 Å². The van der Waals surface area contributed by atoms with E-state index in [-0.39, 0.29) is 29.2 Å². The molecule has 0 spiro atoms. The summed E-state index contributed by atoms with van der Waals surface area (Å²) in [6.07, 6.45) is 5.22. The van der Waals surface area contributed by atoms with E-state index in [9.17, 15) is 19.2 Å². The number of amides is 4. The Balaban J connectivity index is 0.000000137. The number of benzene rings is 5. The van der Waals surface area contributed by atoms with Crippen molar-refractivity contribution >= 4 is 68.1 Å². The number of piperazine rings is 2. The van der Waals surface area contributed by atoms with E-state index in [1.165, 1.54) is 39.5 Å². The number of fused-ring (bicyclic) bond motifs is 2. The first kappa shape index (κ1) is 60.5. The topological polar surface area (TPSA) is 150 Å². The van der Waals surface area contributed by atoms with Gasteiger partial charge in [-0.05, 0) is 114 Å². The van der Waals surface area contributed by atoms with Gasteiger partial charge in [-0.2, -0.15) is 0 Å². The van der Waals surface area contributed by atoms with Gasteiger partial charge in [-0.3, -0.25) is 39.6 Å². The highest BCUT2D eigenvalue weighted by molar-refractivity contribution is 7.14. The van der Waals surface area contributed by atoms with E-state index in [2.05, 4.69) is 137 Å². The standard InChI is InChI=1S/2C19H15N3O2S.C15H24N2.C14H23N3/c2*23-17(21-19-20-10-11-25-19)16(13-6-2-1-3-7-13)22-12-14-8-4-5-9-15(14)18(22)24;1-13-5-7-14(8-6-13)16-9-11-17(12-10-16)15(2,3)4;1-12-5-6-13(15-11-12)16-7-9-17(10-8-16)14(2,3)4/h2*1-11,16H,12H2,(H,20,21,23);5-8H,9-12H2,1-4H3;5-6,11H,7-10H2,1-4H3. The molecule has 17 heteroatoms. The smallest absolute Gasteiger partial charge is 0.255 e. The number of thiazole rings is 2. The van der Waals surface area contributed by atoms with Crippen molar-refractivity contribution in [2.24, 2.45) is 0 Å². The lowest BCUT2D eigenvalue weighted by Crippen LogP contribution is -2.53. The summed E-state index contributed by atoms with van der Waals surface area (Å²) in [5.74, 6) is 0.339. The minimum absolute atomic E-state index is 0.126. The predicted octanol–water partition coefficient (Wildman–Crippen LogP) is 12.2. The van der Waals surface area contributed by atoms with E-state index >= 15 is 0 Å². The highest BCUT2D eigenvalue weighted by atomic mass is 32.1. The van der Waals surface area contributed by atoms with E-state index in [1.807, 2.05) is 103 Å². The molecule has 84 heavy (non-hydrogen) atoms. The number of carbonyl (C=O) groups excluding carboxylic acids is 4. The van der Waals surface area contributed by atoms with Gasteiger partial charge < -0.3 is 19.6 Å². The summed E-state index contributed by atoms with van der Waals surface area (Å²) in [6.45, 7) is 27.8. The average Bonchev–Trinajstić information content (AvgIpc) is 4.40. The Kier molecular flexibility index (Phi) is 19.8. The SMILES string of the molecule is Cc1ccc(N2CCN(C(C)(C)C)CC2)cc1.Cc1ccc(N2CCN(C(C)(C)C)CC2)nc1.O=C(Nc1nccs1)C(c1ccccc1)N1Cc2ccccc2C1=O.O=C(Nc1nccs1)C(c1ccccc1)N1Cc2ccccc2C1=O. The molecule has 2 fully saturated rings. The van der Waals surface area contributed by atoms with Crippen molar-refractivity contribution in [3.05, 3.63) is 219 Å². The second-order valence-electron chi connectivity index (χ2n) is 23.3. The Bertz CT molecular complexity index is 3180. The predicted molar refractivity (Wildman–Crippen MR) is 340 cm³/mol.